The molecule has 26 heavy (non-hydrogen) atoms. The van der Waals surface area contributed by atoms with Gasteiger partial charge in [-0.2, -0.15) is 0 Å². The molecule has 2 aromatic heterocycles. The predicted molar refractivity (Wildman–Crippen MR) is 102 cm³/mol. The van der Waals surface area contributed by atoms with Crippen LogP contribution < -0.4 is 0 Å². The largest absolute Gasteiger partial charge is 0.305 e. The summed E-state index contributed by atoms with van der Waals surface area (Å²) in [6, 6.07) is 31.9. The minimum Gasteiger partial charge on any atom is -0.305 e. The zero-order valence-corrected chi connectivity index (χ0v) is 16.8. The second-order valence-electron chi connectivity index (χ2n) is 5.49. The maximum atomic E-state index is 4.28. The van der Waals surface area contributed by atoms with E-state index < -0.39 is 0 Å². The Morgan fingerprint density at radius 3 is 1.81 bits per heavy atom. The minimum absolute atomic E-state index is 0. The van der Waals surface area contributed by atoms with E-state index in [1.54, 1.807) is 6.20 Å². The van der Waals surface area contributed by atoms with Crippen LogP contribution in [0, 0.1) is 19.1 Å². The minimum atomic E-state index is 0. The molecular weight excluding hydrogens is 496 g/mol. The van der Waals surface area contributed by atoms with Gasteiger partial charge in [0.25, 0.3) is 0 Å². The third kappa shape index (κ3) is 5.73. The average Bonchev–Trinajstić information content (AvgIpc) is 2.71. The number of nitrogens with zero attached hydrogens (tertiary/aromatic N) is 2. The van der Waals surface area contributed by atoms with E-state index in [0.717, 1.165) is 22.5 Å². The first-order valence-electron chi connectivity index (χ1n) is 8.11. The number of rotatable bonds is 2. The molecule has 4 aromatic rings. The van der Waals surface area contributed by atoms with E-state index in [1.165, 1.54) is 5.56 Å². The SMILES string of the molecule is Cc1ccnc(-c2[c-]cccc2)c1.[Ir].[c-]1ccccc1-c1ccccn1. The molecule has 0 aliphatic rings. The summed E-state index contributed by atoms with van der Waals surface area (Å²) >= 11 is 0. The summed E-state index contributed by atoms with van der Waals surface area (Å²) in [6.45, 7) is 2.06. The maximum Gasteiger partial charge on any atom is 0.0163 e. The van der Waals surface area contributed by atoms with Gasteiger partial charge in [-0.05, 0) is 30.4 Å². The van der Waals surface area contributed by atoms with Crippen LogP contribution >= 0.6 is 0 Å². The molecule has 0 bridgehead atoms. The molecule has 0 unspecified atom stereocenters. The Morgan fingerprint density at radius 1 is 0.654 bits per heavy atom. The zero-order valence-electron chi connectivity index (χ0n) is 14.4. The van der Waals surface area contributed by atoms with Crippen LogP contribution in [0.2, 0.25) is 0 Å². The molecular formula is C23H18IrN2-2. The Labute approximate surface area is 168 Å². The third-order valence-electron chi connectivity index (χ3n) is 3.55. The van der Waals surface area contributed by atoms with Crippen molar-refractivity contribution < 1.29 is 20.1 Å². The third-order valence-corrected chi connectivity index (χ3v) is 3.55. The maximum absolute atomic E-state index is 4.28. The van der Waals surface area contributed by atoms with Gasteiger partial charge in [0.05, 0.1) is 0 Å². The Morgan fingerprint density at radius 2 is 1.27 bits per heavy atom. The molecule has 0 fully saturated rings. The number of hydrogen-bond donors (Lipinski definition) is 0. The molecule has 0 saturated heterocycles. The van der Waals surface area contributed by atoms with E-state index in [0.29, 0.717) is 0 Å². The summed E-state index contributed by atoms with van der Waals surface area (Å²) in [4.78, 5) is 8.50. The smallest absolute Gasteiger partial charge is 0.0163 e. The van der Waals surface area contributed by atoms with Crippen molar-refractivity contribution >= 4 is 0 Å². The van der Waals surface area contributed by atoms with Gasteiger partial charge < -0.3 is 9.97 Å². The Balaban J connectivity index is 0.000000180. The van der Waals surface area contributed by atoms with Crippen molar-refractivity contribution in [1.29, 1.82) is 0 Å². The van der Waals surface area contributed by atoms with Crippen LogP contribution in [0.4, 0.5) is 0 Å². The van der Waals surface area contributed by atoms with Crippen molar-refractivity contribution in [1.82, 2.24) is 9.97 Å². The summed E-state index contributed by atoms with van der Waals surface area (Å²) in [7, 11) is 0. The van der Waals surface area contributed by atoms with Gasteiger partial charge in [-0.3, -0.25) is 0 Å². The van der Waals surface area contributed by atoms with Crippen molar-refractivity contribution in [2.24, 2.45) is 0 Å². The van der Waals surface area contributed by atoms with Crippen LogP contribution in [0.3, 0.4) is 0 Å². The molecule has 0 aliphatic heterocycles. The molecule has 3 heteroatoms. The number of aryl methyl sites for hydroxylation is 1. The number of hydrogen-bond acceptors (Lipinski definition) is 2. The standard InChI is InChI=1S/C12H10N.C11H8N.Ir/c1-10-7-8-13-12(9-10)11-5-3-2-4-6-11;1-2-6-10(7-3-1)11-8-4-5-9-12-11;/h2-5,7-9H,1H3;1-6,8-9H;/q2*-1;. The second-order valence-corrected chi connectivity index (χ2v) is 5.49. The summed E-state index contributed by atoms with van der Waals surface area (Å²) < 4.78 is 0. The first-order chi connectivity index (χ1) is 12.3. The van der Waals surface area contributed by atoms with Crippen molar-refractivity contribution in [2.45, 2.75) is 6.92 Å². The van der Waals surface area contributed by atoms with E-state index in [-0.39, 0.29) is 20.1 Å². The quantitative estimate of drug-likeness (QED) is 0.335. The normalized spacial score (nSPS) is 9.42. The molecule has 4 rings (SSSR count). The molecule has 2 aromatic carbocycles. The van der Waals surface area contributed by atoms with E-state index in [1.807, 2.05) is 79.0 Å². The molecule has 2 heterocycles. The van der Waals surface area contributed by atoms with Crippen molar-refractivity contribution in [3.63, 3.8) is 0 Å². The van der Waals surface area contributed by atoms with Crippen LogP contribution in [-0.4, -0.2) is 9.97 Å². The monoisotopic (exact) mass is 515 g/mol. The topological polar surface area (TPSA) is 25.8 Å². The first-order valence-corrected chi connectivity index (χ1v) is 8.11. The first kappa shape index (κ1) is 19.7. The van der Waals surface area contributed by atoms with Crippen molar-refractivity contribution in [3.8, 4) is 22.5 Å². The molecule has 0 spiro atoms. The van der Waals surface area contributed by atoms with Crippen LogP contribution in [-0.2, 0) is 20.1 Å². The molecule has 2 nitrogen and oxygen atoms in total. The molecule has 0 saturated carbocycles. The fourth-order valence-corrected chi connectivity index (χ4v) is 2.31. The molecule has 0 atom stereocenters. The summed E-state index contributed by atoms with van der Waals surface area (Å²) in [6.07, 6.45) is 3.61. The van der Waals surface area contributed by atoms with E-state index in [9.17, 15) is 0 Å². The zero-order chi connectivity index (χ0) is 17.3. The number of aromatic nitrogens is 2. The molecule has 131 valence electrons. The summed E-state index contributed by atoms with van der Waals surface area (Å²) in [5.74, 6) is 0. The van der Waals surface area contributed by atoms with Gasteiger partial charge in [-0.15, -0.1) is 71.8 Å². The van der Waals surface area contributed by atoms with Crippen LogP contribution in [0.5, 0.6) is 0 Å². The van der Waals surface area contributed by atoms with Gasteiger partial charge in [0.2, 0.25) is 0 Å². The Bertz CT molecular complexity index is 857. The van der Waals surface area contributed by atoms with Gasteiger partial charge in [0, 0.05) is 32.5 Å². The summed E-state index contributed by atoms with van der Waals surface area (Å²) in [5, 5.41) is 0. The molecule has 0 aliphatic carbocycles. The number of benzene rings is 2. The molecule has 0 N–H and O–H groups in total. The summed E-state index contributed by atoms with van der Waals surface area (Å²) in [5.41, 5.74) is 5.27. The van der Waals surface area contributed by atoms with Crippen molar-refractivity contribution in [2.75, 3.05) is 0 Å². The van der Waals surface area contributed by atoms with E-state index >= 15 is 0 Å². The fraction of sp³-hybridized carbons (Fsp3) is 0.0435. The van der Waals surface area contributed by atoms with Crippen LogP contribution in [0.25, 0.3) is 22.5 Å². The van der Waals surface area contributed by atoms with Crippen LogP contribution in [0.15, 0.2) is 91.3 Å². The van der Waals surface area contributed by atoms with E-state index in [4.69, 9.17) is 0 Å². The van der Waals surface area contributed by atoms with Gasteiger partial charge >= 0.3 is 0 Å². The second kappa shape index (κ2) is 10.4. The Hall–Kier alpha value is -2.61. The van der Waals surface area contributed by atoms with Crippen molar-refractivity contribution in [3.05, 3.63) is 109 Å². The number of pyridine rings is 2. The van der Waals surface area contributed by atoms with Gasteiger partial charge in [0.15, 0.2) is 0 Å². The fourth-order valence-electron chi connectivity index (χ4n) is 2.31. The van der Waals surface area contributed by atoms with Gasteiger partial charge in [-0.1, -0.05) is 23.8 Å². The van der Waals surface area contributed by atoms with Gasteiger partial charge in [-0.25, -0.2) is 0 Å². The Kier molecular flexibility index (Phi) is 7.88. The molecule has 1 radical (unpaired) electrons. The predicted octanol–water partition coefficient (Wildman–Crippen LogP) is 5.40. The van der Waals surface area contributed by atoms with Crippen LogP contribution in [0.1, 0.15) is 5.56 Å². The van der Waals surface area contributed by atoms with Gasteiger partial charge in [0.1, 0.15) is 0 Å². The average molecular weight is 515 g/mol. The molecule has 0 amide bonds. The van der Waals surface area contributed by atoms with E-state index in [2.05, 4.69) is 35.1 Å².